The number of hydrogen-bond acceptors (Lipinski definition) is 6. The Morgan fingerprint density at radius 2 is 1.84 bits per heavy atom. The van der Waals surface area contributed by atoms with Crippen molar-refractivity contribution in [1.82, 2.24) is 15.5 Å². The molecule has 0 spiro atoms. The first-order valence-electron chi connectivity index (χ1n) is 12.8. The summed E-state index contributed by atoms with van der Waals surface area (Å²) in [5.74, 6) is -0.813. The Morgan fingerprint density at radius 3 is 2.51 bits per heavy atom. The van der Waals surface area contributed by atoms with E-state index in [9.17, 15) is 19.1 Å². The fraction of sp³-hybridized carbons (Fsp3) is 0.500. The molecule has 2 aromatic carbocycles. The summed E-state index contributed by atoms with van der Waals surface area (Å²) in [6.07, 6.45) is 2.51. The van der Waals surface area contributed by atoms with E-state index in [-0.39, 0.29) is 48.5 Å². The van der Waals surface area contributed by atoms with Crippen molar-refractivity contribution >= 4 is 11.8 Å². The third-order valence-corrected chi connectivity index (χ3v) is 6.72. The van der Waals surface area contributed by atoms with E-state index in [1.54, 1.807) is 55.5 Å². The number of piperidine rings is 1. The maximum atomic E-state index is 13.7. The molecule has 1 aliphatic heterocycles. The summed E-state index contributed by atoms with van der Waals surface area (Å²) in [7, 11) is 3.21. The molecular formula is C28H38FN3O5. The summed E-state index contributed by atoms with van der Waals surface area (Å²) in [4.78, 5) is 29.0. The first-order chi connectivity index (χ1) is 17.9. The predicted octanol–water partition coefficient (Wildman–Crippen LogP) is 2.99. The van der Waals surface area contributed by atoms with Crippen LogP contribution in [0.1, 0.15) is 36.8 Å². The van der Waals surface area contributed by atoms with Crippen LogP contribution >= 0.6 is 0 Å². The third-order valence-electron chi connectivity index (χ3n) is 6.72. The Kier molecular flexibility index (Phi) is 11.3. The van der Waals surface area contributed by atoms with Crippen LogP contribution in [0.15, 0.2) is 48.5 Å². The van der Waals surface area contributed by atoms with Crippen LogP contribution in [0.25, 0.3) is 0 Å². The number of hydrogen-bond donors (Lipinski definition) is 3. The van der Waals surface area contributed by atoms with Gasteiger partial charge in [0.25, 0.3) is 0 Å². The number of aromatic hydroxyl groups is 1. The minimum Gasteiger partial charge on any atom is -0.508 e. The molecule has 0 aromatic heterocycles. The number of carbonyl (C=O) groups excluding carboxylic acids is 2. The lowest BCUT2D eigenvalue weighted by atomic mass is 9.87. The highest BCUT2D eigenvalue weighted by atomic mass is 19.1. The molecule has 2 aromatic rings. The van der Waals surface area contributed by atoms with Gasteiger partial charge in [0, 0.05) is 46.3 Å². The van der Waals surface area contributed by atoms with Crippen LogP contribution < -0.4 is 10.6 Å². The quantitative estimate of drug-likeness (QED) is 0.355. The summed E-state index contributed by atoms with van der Waals surface area (Å²) in [5.41, 5.74) is 1.69. The van der Waals surface area contributed by atoms with Crippen LogP contribution in [-0.4, -0.2) is 68.0 Å². The van der Waals surface area contributed by atoms with Gasteiger partial charge in [-0.2, -0.15) is 0 Å². The fourth-order valence-electron chi connectivity index (χ4n) is 4.79. The van der Waals surface area contributed by atoms with Crippen LogP contribution in [0.5, 0.6) is 5.75 Å². The van der Waals surface area contributed by atoms with Crippen molar-refractivity contribution in [3.05, 3.63) is 65.5 Å². The second-order valence-electron chi connectivity index (χ2n) is 9.31. The van der Waals surface area contributed by atoms with Gasteiger partial charge >= 0.3 is 0 Å². The number of rotatable bonds is 13. The van der Waals surface area contributed by atoms with Gasteiger partial charge in [0.1, 0.15) is 23.8 Å². The van der Waals surface area contributed by atoms with Crippen LogP contribution in [0, 0.1) is 11.7 Å². The smallest absolute Gasteiger partial charge is 0.243 e. The molecule has 3 N–H and O–H groups in total. The fourth-order valence-corrected chi connectivity index (χ4v) is 4.79. The van der Waals surface area contributed by atoms with Crippen molar-refractivity contribution in [2.24, 2.45) is 5.92 Å². The van der Waals surface area contributed by atoms with Crippen LogP contribution in [0.3, 0.4) is 0 Å². The molecule has 2 amide bonds. The van der Waals surface area contributed by atoms with Gasteiger partial charge in [0.2, 0.25) is 11.8 Å². The highest BCUT2D eigenvalue weighted by Crippen LogP contribution is 2.26. The zero-order valence-electron chi connectivity index (χ0n) is 21.6. The maximum Gasteiger partial charge on any atom is 0.243 e. The van der Waals surface area contributed by atoms with E-state index in [0.29, 0.717) is 26.0 Å². The Hall–Kier alpha value is -3.01. The molecule has 0 saturated carbocycles. The highest BCUT2D eigenvalue weighted by molar-refractivity contribution is 5.88. The molecule has 1 heterocycles. The number of carbonyl (C=O) groups is 2. The number of amides is 2. The van der Waals surface area contributed by atoms with Crippen molar-refractivity contribution in [3.63, 3.8) is 0 Å². The summed E-state index contributed by atoms with van der Waals surface area (Å²) in [6.45, 7) is 1.82. The van der Waals surface area contributed by atoms with Gasteiger partial charge in [-0.1, -0.05) is 24.3 Å². The zero-order chi connectivity index (χ0) is 26.6. The van der Waals surface area contributed by atoms with Gasteiger partial charge in [-0.3, -0.25) is 14.9 Å². The van der Waals surface area contributed by atoms with Gasteiger partial charge in [-0.25, -0.2) is 4.39 Å². The number of methoxy groups -OCH3 is 2. The zero-order valence-corrected chi connectivity index (χ0v) is 21.6. The van der Waals surface area contributed by atoms with E-state index in [1.165, 1.54) is 12.1 Å². The number of ether oxygens (including phenoxy) is 2. The van der Waals surface area contributed by atoms with Gasteiger partial charge < -0.3 is 24.8 Å². The van der Waals surface area contributed by atoms with Gasteiger partial charge in [0.05, 0.1) is 0 Å². The van der Waals surface area contributed by atoms with Crippen LogP contribution in [0.4, 0.5) is 4.39 Å². The van der Waals surface area contributed by atoms with Crippen molar-refractivity contribution in [2.45, 2.75) is 50.9 Å². The number of nitrogens with zero attached hydrogens (tertiary/aromatic N) is 1. The molecule has 3 atom stereocenters. The number of halogens is 1. The van der Waals surface area contributed by atoms with E-state index in [4.69, 9.17) is 9.47 Å². The Balaban J connectivity index is 1.83. The molecule has 0 bridgehead atoms. The SMILES string of the molecule is COCCCN(C(=O)CCc1ccc(O)cc1)C(C(=O)NCc1ccc(F)cc1)C1CCCNC1OC. The molecule has 202 valence electrons. The predicted molar refractivity (Wildman–Crippen MR) is 138 cm³/mol. The summed E-state index contributed by atoms with van der Waals surface area (Å²) < 4.78 is 24.2. The number of benzene rings is 2. The molecule has 1 fully saturated rings. The first-order valence-corrected chi connectivity index (χ1v) is 12.8. The average molecular weight is 516 g/mol. The van der Waals surface area contributed by atoms with Gasteiger partial charge in [0.15, 0.2) is 0 Å². The lowest BCUT2D eigenvalue weighted by Gasteiger charge is -2.41. The first kappa shape index (κ1) is 28.6. The maximum absolute atomic E-state index is 13.7. The topological polar surface area (TPSA) is 100 Å². The standard InChI is InChI=1S/C28H38FN3O5/c1-36-18-4-17-32(25(34)15-10-20-8-13-23(33)14-9-20)26(24-5-3-16-30-28(24)37-2)27(35)31-19-21-6-11-22(29)12-7-21/h6-9,11-14,24,26,28,30,33H,3-5,10,15-19H2,1-2H3,(H,31,35). The molecule has 1 saturated heterocycles. The minimum atomic E-state index is -0.748. The Morgan fingerprint density at radius 1 is 1.14 bits per heavy atom. The molecule has 1 aliphatic rings. The second-order valence-corrected chi connectivity index (χ2v) is 9.31. The van der Waals surface area contributed by atoms with Crippen molar-refractivity contribution in [2.75, 3.05) is 33.9 Å². The van der Waals surface area contributed by atoms with Crippen LogP contribution in [0.2, 0.25) is 0 Å². The minimum absolute atomic E-state index is 0.133. The van der Waals surface area contributed by atoms with Gasteiger partial charge in [-0.15, -0.1) is 0 Å². The van der Waals surface area contributed by atoms with Crippen LogP contribution in [-0.2, 0) is 32.0 Å². The molecule has 0 aliphatic carbocycles. The normalized spacial score (nSPS) is 18.2. The lowest BCUT2D eigenvalue weighted by Crippen LogP contribution is -2.59. The number of aryl methyl sites for hydroxylation is 1. The van der Waals surface area contributed by atoms with E-state index in [0.717, 1.165) is 30.5 Å². The molecule has 37 heavy (non-hydrogen) atoms. The molecule has 9 heteroatoms. The number of phenolic OH excluding ortho intramolecular Hbond substituents is 1. The molecular weight excluding hydrogens is 477 g/mol. The number of phenols is 1. The average Bonchev–Trinajstić information content (AvgIpc) is 2.92. The summed E-state index contributed by atoms with van der Waals surface area (Å²) in [6, 6.07) is 12.0. The number of nitrogens with one attached hydrogen (secondary N) is 2. The molecule has 8 nitrogen and oxygen atoms in total. The van der Waals surface area contributed by atoms with Gasteiger partial charge in [-0.05, 0) is 67.6 Å². The Bertz CT molecular complexity index is 986. The van der Waals surface area contributed by atoms with E-state index in [1.807, 2.05) is 0 Å². The largest absolute Gasteiger partial charge is 0.508 e. The molecule has 3 rings (SSSR count). The van der Waals surface area contributed by atoms with Crippen molar-refractivity contribution < 1.29 is 28.6 Å². The molecule has 0 radical (unpaired) electrons. The Labute approximate surface area is 218 Å². The summed E-state index contributed by atoms with van der Waals surface area (Å²) in [5, 5.41) is 15.8. The summed E-state index contributed by atoms with van der Waals surface area (Å²) >= 11 is 0. The van der Waals surface area contributed by atoms with Crippen molar-refractivity contribution in [3.8, 4) is 5.75 Å². The van der Waals surface area contributed by atoms with E-state index in [2.05, 4.69) is 10.6 Å². The highest BCUT2D eigenvalue weighted by Gasteiger charge is 2.41. The molecule has 3 unspecified atom stereocenters. The van der Waals surface area contributed by atoms with E-state index >= 15 is 0 Å². The second kappa shape index (κ2) is 14.7. The van der Waals surface area contributed by atoms with E-state index < -0.39 is 6.04 Å². The monoisotopic (exact) mass is 515 g/mol. The van der Waals surface area contributed by atoms with Crippen molar-refractivity contribution in [1.29, 1.82) is 0 Å². The lowest BCUT2D eigenvalue weighted by molar-refractivity contribution is -0.147. The third kappa shape index (κ3) is 8.52.